The first kappa shape index (κ1) is 13.3. The second-order valence-corrected chi connectivity index (χ2v) is 7.54. The fraction of sp³-hybridized carbons (Fsp3) is 0.667. The van der Waals surface area contributed by atoms with E-state index in [1.807, 2.05) is 19.9 Å². The topological polar surface area (TPSA) is 72.0 Å². The van der Waals surface area contributed by atoms with Crippen molar-refractivity contribution in [2.24, 2.45) is 5.41 Å². The molecule has 2 rings (SSSR count). The van der Waals surface area contributed by atoms with Crippen LogP contribution in [-0.2, 0) is 9.84 Å². The quantitative estimate of drug-likeness (QED) is 0.873. The van der Waals surface area contributed by atoms with Crippen molar-refractivity contribution in [2.75, 3.05) is 23.9 Å². The summed E-state index contributed by atoms with van der Waals surface area (Å²) in [6.07, 6.45) is 3.20. The summed E-state index contributed by atoms with van der Waals surface area (Å²) in [4.78, 5) is 8.58. The Balaban J connectivity index is 1.99. The van der Waals surface area contributed by atoms with Crippen molar-refractivity contribution < 1.29 is 8.42 Å². The molecular formula is C12H19N3O2S. The zero-order valence-electron chi connectivity index (χ0n) is 11.0. The number of nitrogens with one attached hydrogen (secondary N) is 1. The van der Waals surface area contributed by atoms with Crippen LogP contribution in [0.3, 0.4) is 0 Å². The first-order chi connectivity index (χ1) is 8.28. The Labute approximate surface area is 108 Å². The lowest BCUT2D eigenvalue weighted by Gasteiger charge is -2.15. The molecule has 0 radical (unpaired) electrons. The van der Waals surface area contributed by atoms with Crippen LogP contribution < -0.4 is 5.32 Å². The standard InChI is InChI=1S/C12H19N3O2S/c1-9-6-10(2)15-11(14-9)13-7-12(4-5-12)8-18(3,16)17/h6H,4-5,7-8H2,1-3H3,(H,13,14,15). The molecule has 18 heavy (non-hydrogen) atoms. The molecule has 1 aliphatic carbocycles. The van der Waals surface area contributed by atoms with E-state index in [1.54, 1.807) is 0 Å². The Bertz CT molecular complexity index is 530. The van der Waals surface area contributed by atoms with E-state index in [1.165, 1.54) is 6.26 Å². The molecule has 1 N–H and O–H groups in total. The molecule has 0 unspecified atom stereocenters. The van der Waals surface area contributed by atoms with Crippen LogP contribution in [0.15, 0.2) is 6.07 Å². The smallest absolute Gasteiger partial charge is 0.223 e. The lowest BCUT2D eigenvalue weighted by Crippen LogP contribution is -2.24. The Kier molecular flexibility index (Phi) is 3.31. The molecule has 1 aromatic rings. The third kappa shape index (κ3) is 3.66. The SMILES string of the molecule is Cc1cc(C)nc(NCC2(CS(C)(=O)=O)CC2)n1. The van der Waals surface area contributed by atoms with Gasteiger partial charge in [0.05, 0.1) is 5.75 Å². The number of hydrogen-bond acceptors (Lipinski definition) is 5. The molecule has 1 fully saturated rings. The summed E-state index contributed by atoms with van der Waals surface area (Å²) in [6.45, 7) is 4.47. The maximum atomic E-state index is 11.3. The van der Waals surface area contributed by atoms with E-state index in [0.717, 1.165) is 24.2 Å². The molecule has 0 saturated heterocycles. The Morgan fingerprint density at radius 1 is 1.28 bits per heavy atom. The Morgan fingerprint density at radius 3 is 2.28 bits per heavy atom. The highest BCUT2D eigenvalue weighted by Crippen LogP contribution is 2.46. The summed E-state index contributed by atoms with van der Waals surface area (Å²) in [6, 6.07) is 1.91. The molecule has 0 aliphatic heterocycles. The number of sulfone groups is 1. The molecule has 0 atom stereocenters. The van der Waals surface area contributed by atoms with Crippen LogP contribution in [0.4, 0.5) is 5.95 Å². The van der Waals surface area contributed by atoms with E-state index >= 15 is 0 Å². The minimum atomic E-state index is -2.92. The van der Waals surface area contributed by atoms with Gasteiger partial charge in [0.1, 0.15) is 9.84 Å². The first-order valence-corrected chi connectivity index (χ1v) is 8.08. The number of hydrogen-bond donors (Lipinski definition) is 1. The zero-order valence-corrected chi connectivity index (χ0v) is 11.8. The van der Waals surface area contributed by atoms with Gasteiger partial charge in [-0.3, -0.25) is 0 Å². The molecule has 100 valence electrons. The summed E-state index contributed by atoms with van der Waals surface area (Å²) >= 11 is 0. The minimum Gasteiger partial charge on any atom is -0.354 e. The highest BCUT2D eigenvalue weighted by molar-refractivity contribution is 7.90. The molecule has 0 aromatic carbocycles. The summed E-state index contributed by atoms with van der Waals surface area (Å²) < 4.78 is 22.7. The highest BCUT2D eigenvalue weighted by atomic mass is 32.2. The van der Waals surface area contributed by atoms with Crippen LogP contribution in [0, 0.1) is 19.3 Å². The number of aromatic nitrogens is 2. The first-order valence-electron chi connectivity index (χ1n) is 6.02. The number of rotatable bonds is 5. The summed E-state index contributed by atoms with van der Waals surface area (Å²) in [5, 5.41) is 3.16. The fourth-order valence-corrected chi connectivity index (χ4v) is 3.68. The second-order valence-electron chi connectivity index (χ2n) is 5.40. The molecule has 1 aromatic heterocycles. The maximum absolute atomic E-state index is 11.3. The molecular weight excluding hydrogens is 250 g/mol. The van der Waals surface area contributed by atoms with Crippen molar-refractivity contribution in [3.63, 3.8) is 0 Å². The molecule has 1 heterocycles. The monoisotopic (exact) mass is 269 g/mol. The normalized spacial score (nSPS) is 17.5. The van der Waals surface area contributed by atoms with E-state index in [-0.39, 0.29) is 11.2 Å². The highest BCUT2D eigenvalue weighted by Gasteiger charge is 2.45. The van der Waals surface area contributed by atoms with Gasteiger partial charge in [0.2, 0.25) is 5.95 Å². The predicted octanol–water partition coefficient (Wildman–Crippen LogP) is 1.33. The number of aryl methyl sites for hydroxylation is 2. The van der Waals surface area contributed by atoms with Crippen molar-refractivity contribution in [2.45, 2.75) is 26.7 Å². The van der Waals surface area contributed by atoms with Gasteiger partial charge in [-0.2, -0.15) is 0 Å². The van der Waals surface area contributed by atoms with Gasteiger partial charge < -0.3 is 5.32 Å². The third-order valence-electron chi connectivity index (χ3n) is 3.13. The van der Waals surface area contributed by atoms with Crippen LogP contribution in [0.25, 0.3) is 0 Å². The average Bonchev–Trinajstić information content (AvgIpc) is 2.91. The van der Waals surface area contributed by atoms with Gasteiger partial charge in [0, 0.05) is 29.6 Å². The number of anilines is 1. The molecule has 0 bridgehead atoms. The van der Waals surface area contributed by atoms with Gasteiger partial charge >= 0.3 is 0 Å². The Hall–Kier alpha value is -1.17. The average molecular weight is 269 g/mol. The van der Waals surface area contributed by atoms with Gasteiger partial charge in [0.15, 0.2) is 0 Å². The summed E-state index contributed by atoms with van der Waals surface area (Å²) in [5.41, 5.74) is 1.73. The van der Waals surface area contributed by atoms with Gasteiger partial charge in [-0.25, -0.2) is 18.4 Å². The van der Waals surface area contributed by atoms with E-state index in [9.17, 15) is 8.42 Å². The van der Waals surface area contributed by atoms with Crippen LogP contribution in [0.2, 0.25) is 0 Å². The fourth-order valence-electron chi connectivity index (χ4n) is 2.18. The maximum Gasteiger partial charge on any atom is 0.223 e. The van der Waals surface area contributed by atoms with Crippen LogP contribution in [0.5, 0.6) is 0 Å². The molecule has 0 spiro atoms. The van der Waals surface area contributed by atoms with E-state index in [0.29, 0.717) is 12.5 Å². The van der Waals surface area contributed by atoms with Gasteiger partial charge in [-0.05, 0) is 32.8 Å². The molecule has 6 heteroatoms. The predicted molar refractivity (Wildman–Crippen MR) is 71.4 cm³/mol. The van der Waals surface area contributed by atoms with E-state index in [4.69, 9.17) is 0 Å². The molecule has 5 nitrogen and oxygen atoms in total. The van der Waals surface area contributed by atoms with Crippen molar-refractivity contribution in [1.82, 2.24) is 9.97 Å². The number of nitrogens with zero attached hydrogens (tertiary/aromatic N) is 2. The van der Waals surface area contributed by atoms with Gasteiger partial charge in [-0.1, -0.05) is 0 Å². The van der Waals surface area contributed by atoms with Crippen molar-refractivity contribution >= 4 is 15.8 Å². The molecule has 1 saturated carbocycles. The lowest BCUT2D eigenvalue weighted by atomic mass is 10.1. The van der Waals surface area contributed by atoms with E-state index < -0.39 is 9.84 Å². The third-order valence-corrected chi connectivity index (χ3v) is 4.27. The molecule has 1 aliphatic rings. The second kappa shape index (κ2) is 4.50. The summed E-state index contributed by atoms with van der Waals surface area (Å²) in [5.74, 6) is 0.838. The van der Waals surface area contributed by atoms with Gasteiger partial charge in [-0.15, -0.1) is 0 Å². The van der Waals surface area contributed by atoms with Crippen molar-refractivity contribution in [3.05, 3.63) is 17.5 Å². The van der Waals surface area contributed by atoms with Crippen molar-refractivity contribution in [1.29, 1.82) is 0 Å². The van der Waals surface area contributed by atoms with Crippen LogP contribution in [-0.4, -0.2) is 36.9 Å². The zero-order chi connectivity index (χ0) is 13.4. The Morgan fingerprint density at radius 2 is 1.83 bits per heavy atom. The van der Waals surface area contributed by atoms with E-state index in [2.05, 4.69) is 15.3 Å². The molecule has 0 amide bonds. The van der Waals surface area contributed by atoms with Crippen molar-refractivity contribution in [3.8, 4) is 0 Å². The lowest BCUT2D eigenvalue weighted by molar-refractivity contribution is 0.559. The van der Waals surface area contributed by atoms with Crippen LogP contribution >= 0.6 is 0 Å². The minimum absolute atomic E-state index is 0.103. The largest absolute Gasteiger partial charge is 0.354 e. The summed E-state index contributed by atoms with van der Waals surface area (Å²) in [7, 11) is -2.92. The van der Waals surface area contributed by atoms with Gasteiger partial charge in [0.25, 0.3) is 0 Å². The van der Waals surface area contributed by atoms with Crippen LogP contribution in [0.1, 0.15) is 24.2 Å².